The van der Waals surface area contributed by atoms with E-state index in [2.05, 4.69) is 141 Å². The van der Waals surface area contributed by atoms with Gasteiger partial charge in [0.05, 0.1) is 39.9 Å². The second kappa shape index (κ2) is 46.7. The number of unbranched alkanes of at least 4 members (excludes halogenated alkanes) is 11. The molecule has 3 N–H and O–H groups in total. The van der Waals surface area contributed by atoms with Crippen LogP contribution in [0.15, 0.2) is 134 Å². The Morgan fingerprint density at radius 3 is 1.33 bits per heavy atom. The SMILES string of the molecule is CC/C=C\C/C=C\C/C=C\C/C=C\C/C=C\C/C=C\C/C=C\C/C=C\C/C=C\C/C=C\CCCCCCCCC(=O)NC(COP(=O)(O)OCC[N+](C)(C)C)C(O)/C=C/CCCCCCC. The first-order chi connectivity index (χ1) is 32.0. The third-order valence-electron chi connectivity index (χ3n) is 10.4. The molecule has 1 amide bonds. The molecule has 0 aliphatic heterocycles. The molecule has 0 fully saturated rings. The summed E-state index contributed by atoms with van der Waals surface area (Å²) in [5.74, 6) is -0.204. The van der Waals surface area contributed by atoms with Gasteiger partial charge >= 0.3 is 7.82 Å². The molecular formula is C57H96N2O6P+. The van der Waals surface area contributed by atoms with Crippen LogP contribution in [-0.2, 0) is 18.4 Å². The Bertz CT molecular complexity index is 1530. The van der Waals surface area contributed by atoms with Crippen LogP contribution in [0.5, 0.6) is 0 Å². The number of nitrogens with zero attached hydrogens (tertiary/aromatic N) is 1. The third kappa shape index (κ3) is 48.6. The van der Waals surface area contributed by atoms with Gasteiger partial charge in [-0.25, -0.2) is 4.57 Å². The minimum absolute atomic E-state index is 0.0505. The van der Waals surface area contributed by atoms with Gasteiger partial charge in [-0.05, 0) is 96.3 Å². The first-order valence-electron chi connectivity index (χ1n) is 25.6. The van der Waals surface area contributed by atoms with Crippen molar-refractivity contribution in [3.63, 3.8) is 0 Å². The second-order valence-electron chi connectivity index (χ2n) is 17.8. The average Bonchev–Trinajstić information content (AvgIpc) is 3.28. The summed E-state index contributed by atoms with van der Waals surface area (Å²) < 4.78 is 23.4. The number of phosphoric acid groups is 1. The van der Waals surface area contributed by atoms with E-state index < -0.39 is 20.0 Å². The lowest BCUT2D eigenvalue weighted by Gasteiger charge is -2.25. The first kappa shape index (κ1) is 62.6. The fraction of sp³-hybridized carbons (Fsp3) is 0.596. The molecule has 0 bridgehead atoms. The monoisotopic (exact) mass is 936 g/mol. The van der Waals surface area contributed by atoms with Crippen molar-refractivity contribution in [2.45, 2.75) is 180 Å². The van der Waals surface area contributed by atoms with Gasteiger partial charge in [-0.1, -0.05) is 199 Å². The number of hydrogen-bond donors (Lipinski definition) is 3. The van der Waals surface area contributed by atoms with Crippen molar-refractivity contribution in [1.82, 2.24) is 5.32 Å². The number of nitrogens with one attached hydrogen (secondary N) is 1. The van der Waals surface area contributed by atoms with Gasteiger partial charge in [0.2, 0.25) is 5.91 Å². The number of aliphatic hydroxyl groups excluding tert-OH is 1. The van der Waals surface area contributed by atoms with Crippen LogP contribution in [0.4, 0.5) is 0 Å². The molecule has 0 saturated carbocycles. The number of allylic oxidation sites excluding steroid dienone is 21. The van der Waals surface area contributed by atoms with Crippen LogP contribution in [-0.4, -0.2) is 73.4 Å². The van der Waals surface area contributed by atoms with Crippen molar-refractivity contribution in [2.75, 3.05) is 40.9 Å². The molecule has 0 heterocycles. The molecule has 3 unspecified atom stereocenters. The molecule has 0 aromatic carbocycles. The van der Waals surface area contributed by atoms with Crippen LogP contribution in [0.3, 0.4) is 0 Å². The predicted octanol–water partition coefficient (Wildman–Crippen LogP) is 15.2. The fourth-order valence-corrected chi connectivity index (χ4v) is 7.10. The molecule has 8 nitrogen and oxygen atoms in total. The van der Waals surface area contributed by atoms with Crippen molar-refractivity contribution in [1.29, 1.82) is 0 Å². The molecule has 0 aromatic heterocycles. The van der Waals surface area contributed by atoms with Crippen LogP contribution in [0.1, 0.15) is 168 Å². The van der Waals surface area contributed by atoms with Gasteiger partial charge in [-0.2, -0.15) is 0 Å². The van der Waals surface area contributed by atoms with E-state index in [0.717, 1.165) is 122 Å². The normalized spacial score (nSPS) is 15.2. The highest BCUT2D eigenvalue weighted by atomic mass is 31.2. The number of amides is 1. The zero-order valence-electron chi connectivity index (χ0n) is 42.4. The summed E-state index contributed by atoms with van der Waals surface area (Å²) in [4.78, 5) is 23.0. The summed E-state index contributed by atoms with van der Waals surface area (Å²) in [5.41, 5.74) is 0. The van der Waals surface area contributed by atoms with E-state index in [4.69, 9.17) is 9.05 Å². The smallest absolute Gasteiger partial charge is 0.387 e. The van der Waals surface area contributed by atoms with Gasteiger partial charge < -0.3 is 19.8 Å². The maximum absolute atomic E-state index is 12.8. The molecule has 0 radical (unpaired) electrons. The molecule has 3 atom stereocenters. The van der Waals surface area contributed by atoms with E-state index in [1.54, 1.807) is 6.08 Å². The third-order valence-corrected chi connectivity index (χ3v) is 11.4. The van der Waals surface area contributed by atoms with Gasteiger partial charge in [-0.3, -0.25) is 13.8 Å². The Kier molecular flexibility index (Phi) is 44.4. The zero-order chi connectivity index (χ0) is 48.5. The largest absolute Gasteiger partial charge is 0.472 e. The molecule has 0 aromatic rings. The Hall–Kier alpha value is -3.36. The summed E-state index contributed by atoms with van der Waals surface area (Å²) in [6.45, 7) is 4.59. The van der Waals surface area contributed by atoms with Crippen LogP contribution in [0, 0.1) is 0 Å². The summed E-state index contributed by atoms with van der Waals surface area (Å²) in [7, 11) is 1.53. The fourth-order valence-electron chi connectivity index (χ4n) is 6.36. The van der Waals surface area contributed by atoms with Gasteiger partial charge in [0.25, 0.3) is 0 Å². The van der Waals surface area contributed by atoms with Crippen molar-refractivity contribution in [2.24, 2.45) is 0 Å². The lowest BCUT2D eigenvalue weighted by atomic mass is 10.1. The molecule has 9 heteroatoms. The summed E-state index contributed by atoms with van der Waals surface area (Å²) >= 11 is 0. The standard InChI is InChI=1S/C57H95N2O6P/c1-6-8-10-12-14-15-16-17-18-19-20-21-22-23-24-25-26-27-28-29-30-31-32-33-34-35-36-37-38-39-40-41-42-43-45-47-49-51-57(61)58-55(56(60)50-48-46-44-13-11-9-7-2)54-65-66(62,63)64-53-52-59(3,4)5/h8,10,14-15,17-18,20-21,23-24,26-27,29-30,32-33,35-36,38-39,48,50,55-56,60H,6-7,9,11-13,16,19,22,25,28,31,34,37,40-47,49,51-54H2,1-5H3,(H-,58,61,62,63)/p+1/b10-8-,15-14-,18-17-,21-20-,24-23-,27-26-,30-29-,33-32-,36-35-,39-38-,50-48+. The number of aliphatic hydroxyl groups is 1. The van der Waals surface area contributed by atoms with E-state index in [1.165, 1.54) is 25.7 Å². The van der Waals surface area contributed by atoms with Crippen LogP contribution >= 0.6 is 7.82 Å². The minimum Gasteiger partial charge on any atom is -0.387 e. The minimum atomic E-state index is -4.34. The Labute approximate surface area is 405 Å². The Morgan fingerprint density at radius 2 is 0.909 bits per heavy atom. The Balaban J connectivity index is 4.10. The highest BCUT2D eigenvalue weighted by Crippen LogP contribution is 2.43. The van der Waals surface area contributed by atoms with Crippen molar-refractivity contribution < 1.29 is 32.9 Å². The topological polar surface area (TPSA) is 105 Å². The number of carbonyl (C=O) groups excluding carboxylic acids is 1. The molecule has 0 aliphatic carbocycles. The molecule has 0 aliphatic rings. The number of rotatable bonds is 44. The molecular weight excluding hydrogens is 840 g/mol. The lowest BCUT2D eigenvalue weighted by Crippen LogP contribution is -2.45. The number of carbonyl (C=O) groups is 1. The molecule has 66 heavy (non-hydrogen) atoms. The summed E-state index contributed by atoms with van der Waals surface area (Å²) in [6.07, 6.45) is 71.4. The zero-order valence-corrected chi connectivity index (χ0v) is 43.3. The summed E-state index contributed by atoms with van der Waals surface area (Å²) in [6, 6.07) is -0.861. The molecule has 0 saturated heterocycles. The highest BCUT2D eigenvalue weighted by Gasteiger charge is 2.27. The van der Waals surface area contributed by atoms with Crippen molar-refractivity contribution in [3.05, 3.63) is 134 Å². The number of phosphoric ester groups is 1. The van der Waals surface area contributed by atoms with Crippen molar-refractivity contribution >= 4 is 13.7 Å². The molecule has 0 rings (SSSR count). The van der Waals surface area contributed by atoms with E-state index in [0.29, 0.717) is 17.4 Å². The number of quaternary nitrogens is 1. The quantitative estimate of drug-likeness (QED) is 0.0243. The maximum Gasteiger partial charge on any atom is 0.472 e. The second-order valence-corrected chi connectivity index (χ2v) is 19.3. The lowest BCUT2D eigenvalue weighted by molar-refractivity contribution is -0.870. The average molecular weight is 936 g/mol. The van der Waals surface area contributed by atoms with Crippen LogP contribution in [0.2, 0.25) is 0 Å². The van der Waals surface area contributed by atoms with Gasteiger partial charge in [0, 0.05) is 6.42 Å². The van der Waals surface area contributed by atoms with Crippen LogP contribution < -0.4 is 5.32 Å². The molecule has 0 spiro atoms. The van der Waals surface area contributed by atoms with Gasteiger partial charge in [0.15, 0.2) is 0 Å². The number of hydrogen-bond acceptors (Lipinski definition) is 5. The summed E-state index contributed by atoms with van der Waals surface area (Å²) in [5, 5.41) is 13.7. The highest BCUT2D eigenvalue weighted by molar-refractivity contribution is 7.47. The Morgan fingerprint density at radius 1 is 0.530 bits per heavy atom. The van der Waals surface area contributed by atoms with Crippen LogP contribution in [0.25, 0.3) is 0 Å². The van der Waals surface area contributed by atoms with E-state index in [9.17, 15) is 19.4 Å². The molecule has 374 valence electrons. The van der Waals surface area contributed by atoms with Crippen molar-refractivity contribution in [3.8, 4) is 0 Å². The van der Waals surface area contributed by atoms with E-state index >= 15 is 0 Å². The van der Waals surface area contributed by atoms with E-state index in [1.807, 2.05) is 27.2 Å². The number of likely N-dealkylation sites (N-methyl/N-ethyl adjacent to an activating group) is 1. The first-order valence-corrected chi connectivity index (χ1v) is 27.1. The predicted molar refractivity (Wildman–Crippen MR) is 285 cm³/mol. The van der Waals surface area contributed by atoms with E-state index in [-0.39, 0.29) is 19.1 Å². The maximum atomic E-state index is 12.8. The van der Waals surface area contributed by atoms with Gasteiger partial charge in [0.1, 0.15) is 13.2 Å². The van der Waals surface area contributed by atoms with Gasteiger partial charge in [-0.15, -0.1) is 0 Å².